The van der Waals surface area contributed by atoms with Gasteiger partial charge in [-0.3, -0.25) is 0 Å². The Balaban J connectivity index is 0.868. The largest absolute Gasteiger partial charge is 0.456 e. The van der Waals surface area contributed by atoms with Gasteiger partial charge in [0.2, 0.25) is 0 Å². The molecule has 0 aliphatic heterocycles. The zero-order valence-electron chi connectivity index (χ0n) is 34.5. The van der Waals surface area contributed by atoms with Gasteiger partial charge in [-0.25, -0.2) is 0 Å². The zero-order chi connectivity index (χ0) is 42.1. The maximum absolute atomic E-state index is 6.63. The van der Waals surface area contributed by atoms with E-state index in [0.717, 1.165) is 105 Å². The summed E-state index contributed by atoms with van der Waals surface area (Å²) in [7, 11) is 0. The van der Waals surface area contributed by atoms with E-state index in [1.54, 1.807) is 0 Å². The molecule has 0 unspecified atom stereocenters. The van der Waals surface area contributed by atoms with Gasteiger partial charge in [-0.1, -0.05) is 146 Å². The molecule has 3 aromatic heterocycles. The van der Waals surface area contributed by atoms with Crippen LogP contribution in [0.15, 0.2) is 238 Å². The molecular weight excluding hydrogens is 783 g/mol. The molecule has 64 heavy (non-hydrogen) atoms. The van der Waals surface area contributed by atoms with Crippen molar-refractivity contribution in [2.75, 3.05) is 4.90 Å². The number of furan rings is 3. The van der Waals surface area contributed by atoms with E-state index >= 15 is 0 Å². The van der Waals surface area contributed by atoms with Crippen molar-refractivity contribution in [2.45, 2.75) is 0 Å². The van der Waals surface area contributed by atoms with Crippen LogP contribution in [0.2, 0.25) is 0 Å². The molecule has 4 nitrogen and oxygen atoms in total. The summed E-state index contributed by atoms with van der Waals surface area (Å²) in [5, 5.41) is 6.48. The van der Waals surface area contributed by atoms with Crippen LogP contribution < -0.4 is 4.90 Å². The fraction of sp³-hybridized carbons (Fsp3) is 0. The number of anilines is 3. The number of fused-ring (bicyclic) bond motifs is 9. The van der Waals surface area contributed by atoms with E-state index in [2.05, 4.69) is 217 Å². The van der Waals surface area contributed by atoms with Crippen LogP contribution in [0.25, 0.3) is 110 Å². The minimum Gasteiger partial charge on any atom is -0.456 e. The highest BCUT2D eigenvalue weighted by Crippen LogP contribution is 2.44. The van der Waals surface area contributed by atoms with Gasteiger partial charge < -0.3 is 18.2 Å². The van der Waals surface area contributed by atoms with Gasteiger partial charge in [0.15, 0.2) is 0 Å². The lowest BCUT2D eigenvalue weighted by atomic mass is 9.96. The molecule has 10 aromatic carbocycles. The molecule has 3 heterocycles. The van der Waals surface area contributed by atoms with Crippen LogP contribution in [0.4, 0.5) is 17.1 Å². The van der Waals surface area contributed by atoms with E-state index in [0.29, 0.717) is 0 Å². The summed E-state index contributed by atoms with van der Waals surface area (Å²) in [6.45, 7) is 0. The van der Waals surface area contributed by atoms with Gasteiger partial charge in [0.25, 0.3) is 0 Å². The fourth-order valence-corrected chi connectivity index (χ4v) is 9.59. The van der Waals surface area contributed by atoms with Crippen molar-refractivity contribution in [3.63, 3.8) is 0 Å². The second-order valence-corrected chi connectivity index (χ2v) is 16.4. The number of hydrogen-bond donors (Lipinski definition) is 0. The van der Waals surface area contributed by atoms with Crippen LogP contribution in [0.5, 0.6) is 0 Å². The lowest BCUT2D eigenvalue weighted by Gasteiger charge is -2.25. The smallest absolute Gasteiger partial charge is 0.143 e. The van der Waals surface area contributed by atoms with Crippen LogP contribution in [0, 0.1) is 0 Å². The van der Waals surface area contributed by atoms with E-state index in [1.807, 2.05) is 12.1 Å². The molecule has 13 rings (SSSR count). The summed E-state index contributed by atoms with van der Waals surface area (Å²) >= 11 is 0. The molecule has 0 amide bonds. The van der Waals surface area contributed by atoms with E-state index in [9.17, 15) is 0 Å². The number of para-hydroxylation sites is 3. The maximum atomic E-state index is 6.63. The molecule has 0 atom stereocenters. The molecule has 0 saturated heterocycles. The van der Waals surface area contributed by atoms with E-state index in [1.165, 1.54) is 22.3 Å². The lowest BCUT2D eigenvalue weighted by Crippen LogP contribution is -2.09. The molecule has 300 valence electrons. The molecule has 4 heteroatoms. The maximum Gasteiger partial charge on any atom is 0.143 e. The van der Waals surface area contributed by atoms with Crippen molar-refractivity contribution in [3.8, 4) is 44.5 Å². The minimum absolute atomic E-state index is 0.834. The standard InChI is InChI=1S/C60H37NO3/c1-3-11-38(12-4-1)39-21-23-40(24-22-39)41-25-29-45(30-26-41)61(44-13-5-2-6-14-44)46-31-34-55-52(37-46)50-32-27-43(36-58(50)63-55)47-16-10-20-57-59(47)53-35-42(28-33-56(53)62-57)48-17-9-18-51-49-15-7-8-19-54(49)64-60(48)51/h1-37H. The first-order chi connectivity index (χ1) is 31.7. The minimum atomic E-state index is 0.834. The number of nitrogens with zero attached hydrogens (tertiary/aromatic N) is 1. The molecule has 0 spiro atoms. The van der Waals surface area contributed by atoms with Gasteiger partial charge in [0.1, 0.15) is 33.5 Å². The third kappa shape index (κ3) is 5.92. The summed E-state index contributed by atoms with van der Waals surface area (Å²) in [4.78, 5) is 2.31. The van der Waals surface area contributed by atoms with Crippen molar-refractivity contribution in [1.29, 1.82) is 0 Å². The summed E-state index contributed by atoms with van der Waals surface area (Å²) < 4.78 is 19.6. The molecule has 0 aliphatic rings. The Bertz CT molecular complexity index is 3880. The summed E-state index contributed by atoms with van der Waals surface area (Å²) in [5.74, 6) is 0. The third-order valence-corrected chi connectivity index (χ3v) is 12.7. The van der Waals surface area contributed by atoms with Gasteiger partial charge in [-0.15, -0.1) is 0 Å². The summed E-state index contributed by atoms with van der Waals surface area (Å²) in [6.07, 6.45) is 0. The van der Waals surface area contributed by atoms with E-state index < -0.39 is 0 Å². The van der Waals surface area contributed by atoms with Crippen molar-refractivity contribution in [3.05, 3.63) is 224 Å². The average molecular weight is 820 g/mol. The molecule has 0 saturated carbocycles. The second-order valence-electron chi connectivity index (χ2n) is 16.4. The summed E-state index contributed by atoms with van der Waals surface area (Å²) in [5.41, 5.74) is 17.4. The number of benzene rings is 10. The first-order valence-electron chi connectivity index (χ1n) is 21.6. The molecule has 0 bridgehead atoms. The van der Waals surface area contributed by atoms with Crippen molar-refractivity contribution in [1.82, 2.24) is 0 Å². The second kappa shape index (κ2) is 14.5. The van der Waals surface area contributed by atoms with E-state index in [4.69, 9.17) is 13.3 Å². The highest BCUT2D eigenvalue weighted by atomic mass is 16.3. The zero-order valence-corrected chi connectivity index (χ0v) is 34.5. The number of hydrogen-bond acceptors (Lipinski definition) is 4. The Morgan fingerprint density at radius 1 is 0.250 bits per heavy atom. The molecule has 13 aromatic rings. The van der Waals surface area contributed by atoms with Gasteiger partial charge in [0.05, 0.1) is 0 Å². The van der Waals surface area contributed by atoms with Gasteiger partial charge >= 0.3 is 0 Å². The van der Waals surface area contributed by atoms with Gasteiger partial charge in [-0.2, -0.15) is 0 Å². The van der Waals surface area contributed by atoms with Crippen LogP contribution in [0.3, 0.4) is 0 Å². The number of rotatable bonds is 7. The molecule has 0 radical (unpaired) electrons. The lowest BCUT2D eigenvalue weighted by molar-refractivity contribution is 0.668. The third-order valence-electron chi connectivity index (χ3n) is 12.7. The Morgan fingerprint density at radius 2 is 0.766 bits per heavy atom. The predicted octanol–water partition coefficient (Wildman–Crippen LogP) is 17.5. The van der Waals surface area contributed by atoms with Crippen LogP contribution in [-0.4, -0.2) is 0 Å². The topological polar surface area (TPSA) is 42.7 Å². The highest BCUT2D eigenvalue weighted by molar-refractivity contribution is 6.16. The van der Waals surface area contributed by atoms with Gasteiger partial charge in [0, 0.05) is 54.9 Å². The van der Waals surface area contributed by atoms with E-state index in [-0.39, 0.29) is 0 Å². The van der Waals surface area contributed by atoms with Crippen molar-refractivity contribution in [2.24, 2.45) is 0 Å². The SMILES string of the molecule is c1ccc(-c2ccc(-c3ccc(N(c4ccccc4)c4ccc5oc6cc(-c7cccc8oc9ccc(-c%10cccc%11c%10oc%10ccccc%10%11)cc9c78)ccc6c5c4)cc3)cc2)cc1. The quantitative estimate of drug-likeness (QED) is 0.161. The first kappa shape index (κ1) is 36.1. The Hall–Kier alpha value is -8.60. The molecule has 0 fully saturated rings. The normalized spacial score (nSPS) is 11.8. The molecule has 0 aliphatic carbocycles. The molecule has 0 N–H and O–H groups in total. The van der Waals surface area contributed by atoms with Gasteiger partial charge in [-0.05, 0) is 118 Å². The summed E-state index contributed by atoms with van der Waals surface area (Å²) in [6, 6.07) is 79.1. The van der Waals surface area contributed by atoms with Crippen LogP contribution in [0.1, 0.15) is 0 Å². The first-order valence-corrected chi connectivity index (χ1v) is 21.6. The monoisotopic (exact) mass is 819 g/mol. The van der Waals surface area contributed by atoms with Crippen LogP contribution >= 0.6 is 0 Å². The molecular formula is C60H37NO3. The van der Waals surface area contributed by atoms with Crippen molar-refractivity contribution >= 4 is 82.9 Å². The van der Waals surface area contributed by atoms with Crippen LogP contribution in [-0.2, 0) is 0 Å². The Kier molecular flexibility index (Phi) is 8.18. The Morgan fingerprint density at radius 3 is 1.58 bits per heavy atom. The highest BCUT2D eigenvalue weighted by Gasteiger charge is 2.19. The average Bonchev–Trinajstić information content (AvgIpc) is 4.06. The fourth-order valence-electron chi connectivity index (χ4n) is 9.59. The Labute approximate surface area is 368 Å². The predicted molar refractivity (Wildman–Crippen MR) is 265 cm³/mol. The van der Waals surface area contributed by atoms with Crippen molar-refractivity contribution < 1.29 is 13.3 Å².